The Hall–Kier alpha value is -2.84. The van der Waals surface area contributed by atoms with Crippen molar-refractivity contribution in [2.75, 3.05) is 23.3 Å². The van der Waals surface area contributed by atoms with Crippen molar-refractivity contribution in [2.24, 2.45) is 0 Å². The Kier molecular flexibility index (Phi) is 7.26. The standard InChI is InChI=1S/C24H25BrN2O4S/c1-16-8-10-19(11-9-16)27(15-23(28)26-24-17(2)6-5-7-18(24)3)32(29,30)20-12-13-22(31-4)21(25)14-20/h5-14H,15H2,1-4H3,(H,26,28). The van der Waals surface area contributed by atoms with Gasteiger partial charge in [-0.1, -0.05) is 35.9 Å². The summed E-state index contributed by atoms with van der Waals surface area (Å²) in [7, 11) is -2.53. The fourth-order valence-corrected chi connectivity index (χ4v) is 5.42. The lowest BCUT2D eigenvalue weighted by Gasteiger charge is -2.25. The number of benzene rings is 3. The molecule has 8 heteroatoms. The molecule has 1 amide bonds. The lowest BCUT2D eigenvalue weighted by atomic mass is 10.1. The monoisotopic (exact) mass is 516 g/mol. The summed E-state index contributed by atoms with van der Waals surface area (Å²) in [5.74, 6) is 0.0812. The molecule has 0 fully saturated rings. The zero-order valence-electron chi connectivity index (χ0n) is 18.3. The van der Waals surface area contributed by atoms with Gasteiger partial charge in [0.2, 0.25) is 5.91 Å². The van der Waals surface area contributed by atoms with E-state index in [1.54, 1.807) is 18.2 Å². The van der Waals surface area contributed by atoms with Gasteiger partial charge in [-0.3, -0.25) is 9.10 Å². The van der Waals surface area contributed by atoms with Crippen LogP contribution in [0.2, 0.25) is 0 Å². The van der Waals surface area contributed by atoms with Crippen LogP contribution in [-0.2, 0) is 14.8 Å². The second-order valence-electron chi connectivity index (χ2n) is 7.46. The molecule has 0 aliphatic rings. The van der Waals surface area contributed by atoms with Crippen LogP contribution in [0.4, 0.5) is 11.4 Å². The molecule has 168 valence electrons. The van der Waals surface area contributed by atoms with Gasteiger partial charge in [0.25, 0.3) is 10.0 Å². The fourth-order valence-electron chi connectivity index (χ4n) is 3.28. The molecule has 0 heterocycles. The predicted octanol–water partition coefficient (Wildman–Crippen LogP) is 5.22. The van der Waals surface area contributed by atoms with Gasteiger partial charge in [-0.2, -0.15) is 0 Å². The number of carbonyl (C=O) groups excluding carboxylic acids is 1. The fraction of sp³-hybridized carbons (Fsp3) is 0.208. The Balaban J connectivity index is 1.99. The Morgan fingerprint density at radius 2 is 1.62 bits per heavy atom. The van der Waals surface area contributed by atoms with E-state index >= 15 is 0 Å². The SMILES string of the molecule is COc1ccc(S(=O)(=O)N(CC(=O)Nc2c(C)cccc2C)c2ccc(C)cc2)cc1Br. The number of amides is 1. The van der Waals surface area contributed by atoms with Crippen molar-refractivity contribution in [3.05, 3.63) is 81.8 Å². The molecule has 3 aromatic rings. The first kappa shape index (κ1) is 23.8. The first-order valence-electron chi connectivity index (χ1n) is 9.92. The van der Waals surface area contributed by atoms with Gasteiger partial charge in [0, 0.05) is 5.69 Å². The number of carbonyl (C=O) groups is 1. The molecule has 0 spiro atoms. The molecule has 0 bridgehead atoms. The Morgan fingerprint density at radius 1 is 1.00 bits per heavy atom. The zero-order valence-corrected chi connectivity index (χ0v) is 20.7. The highest BCUT2D eigenvalue weighted by atomic mass is 79.9. The highest BCUT2D eigenvalue weighted by Gasteiger charge is 2.28. The molecular formula is C24H25BrN2O4S. The number of rotatable bonds is 7. The largest absolute Gasteiger partial charge is 0.496 e. The number of para-hydroxylation sites is 1. The van der Waals surface area contributed by atoms with Gasteiger partial charge >= 0.3 is 0 Å². The molecule has 0 radical (unpaired) electrons. The Labute approximate surface area is 197 Å². The minimum atomic E-state index is -4.04. The lowest BCUT2D eigenvalue weighted by Crippen LogP contribution is -2.38. The molecule has 32 heavy (non-hydrogen) atoms. The van der Waals surface area contributed by atoms with E-state index in [9.17, 15) is 13.2 Å². The number of nitrogens with zero attached hydrogens (tertiary/aromatic N) is 1. The summed E-state index contributed by atoms with van der Waals surface area (Å²) in [4.78, 5) is 13.0. The highest BCUT2D eigenvalue weighted by Crippen LogP contribution is 2.31. The number of hydrogen-bond acceptors (Lipinski definition) is 4. The molecule has 3 aromatic carbocycles. The van der Waals surface area contributed by atoms with Crippen LogP contribution in [0, 0.1) is 20.8 Å². The first-order chi connectivity index (χ1) is 15.1. The van der Waals surface area contributed by atoms with Gasteiger partial charge in [0.1, 0.15) is 12.3 Å². The van der Waals surface area contributed by atoms with E-state index in [0.717, 1.165) is 21.0 Å². The molecular weight excluding hydrogens is 492 g/mol. The average molecular weight is 517 g/mol. The number of ether oxygens (including phenoxy) is 1. The van der Waals surface area contributed by atoms with E-state index in [-0.39, 0.29) is 11.4 Å². The summed E-state index contributed by atoms with van der Waals surface area (Å²) in [6, 6.07) is 17.2. The third-order valence-corrected chi connectivity index (χ3v) is 7.46. The summed E-state index contributed by atoms with van der Waals surface area (Å²) in [6.07, 6.45) is 0. The zero-order chi connectivity index (χ0) is 23.5. The maximum Gasteiger partial charge on any atom is 0.264 e. The van der Waals surface area contributed by atoms with Crippen LogP contribution in [-0.4, -0.2) is 28.0 Å². The number of sulfonamides is 1. The molecule has 0 saturated carbocycles. The van der Waals surface area contributed by atoms with Crippen molar-refractivity contribution < 1.29 is 17.9 Å². The molecule has 0 atom stereocenters. The minimum Gasteiger partial charge on any atom is -0.496 e. The van der Waals surface area contributed by atoms with Crippen molar-refractivity contribution in [3.8, 4) is 5.75 Å². The molecule has 1 N–H and O–H groups in total. The Bertz CT molecular complexity index is 1220. The van der Waals surface area contributed by atoms with Crippen LogP contribution in [0.25, 0.3) is 0 Å². The van der Waals surface area contributed by atoms with Crippen LogP contribution >= 0.6 is 15.9 Å². The van der Waals surface area contributed by atoms with E-state index in [4.69, 9.17) is 4.74 Å². The highest BCUT2D eigenvalue weighted by molar-refractivity contribution is 9.10. The first-order valence-corrected chi connectivity index (χ1v) is 12.2. The van der Waals surface area contributed by atoms with E-state index in [0.29, 0.717) is 21.6 Å². The van der Waals surface area contributed by atoms with Crippen molar-refractivity contribution >= 4 is 43.2 Å². The maximum atomic E-state index is 13.6. The second kappa shape index (κ2) is 9.75. The van der Waals surface area contributed by atoms with Crippen molar-refractivity contribution in [3.63, 3.8) is 0 Å². The van der Waals surface area contributed by atoms with Gasteiger partial charge in [-0.15, -0.1) is 0 Å². The summed E-state index contributed by atoms with van der Waals surface area (Å²) in [5, 5.41) is 2.87. The summed E-state index contributed by atoms with van der Waals surface area (Å²) < 4.78 is 34.0. The molecule has 0 saturated heterocycles. The lowest BCUT2D eigenvalue weighted by molar-refractivity contribution is -0.114. The van der Waals surface area contributed by atoms with Gasteiger partial charge < -0.3 is 10.1 Å². The van der Waals surface area contributed by atoms with E-state index < -0.39 is 15.9 Å². The van der Waals surface area contributed by atoms with Crippen molar-refractivity contribution in [1.82, 2.24) is 0 Å². The van der Waals surface area contributed by atoms with Gasteiger partial charge in [-0.05, 0) is 78.2 Å². The van der Waals surface area contributed by atoms with Crippen LogP contribution in [0.1, 0.15) is 16.7 Å². The number of hydrogen-bond donors (Lipinski definition) is 1. The van der Waals surface area contributed by atoms with Crippen LogP contribution in [0.15, 0.2) is 70.0 Å². The molecule has 0 unspecified atom stereocenters. The minimum absolute atomic E-state index is 0.0469. The number of halogens is 1. The summed E-state index contributed by atoms with van der Waals surface area (Å²) >= 11 is 3.34. The Morgan fingerprint density at radius 3 is 2.19 bits per heavy atom. The second-order valence-corrected chi connectivity index (χ2v) is 10.2. The van der Waals surface area contributed by atoms with Gasteiger partial charge in [0.05, 0.1) is 22.2 Å². The smallest absolute Gasteiger partial charge is 0.264 e. The molecule has 3 rings (SSSR count). The molecule has 0 aromatic heterocycles. The predicted molar refractivity (Wildman–Crippen MR) is 131 cm³/mol. The van der Waals surface area contributed by atoms with E-state index in [1.165, 1.54) is 19.2 Å². The van der Waals surface area contributed by atoms with Crippen LogP contribution in [0.5, 0.6) is 5.75 Å². The van der Waals surface area contributed by atoms with Crippen LogP contribution < -0.4 is 14.4 Å². The summed E-state index contributed by atoms with van der Waals surface area (Å²) in [6.45, 7) is 5.33. The number of methoxy groups -OCH3 is 1. The summed E-state index contributed by atoms with van der Waals surface area (Å²) in [5.41, 5.74) is 3.88. The topological polar surface area (TPSA) is 75.7 Å². The molecule has 0 aliphatic heterocycles. The molecule has 6 nitrogen and oxygen atoms in total. The third-order valence-electron chi connectivity index (χ3n) is 5.07. The molecule has 0 aliphatic carbocycles. The van der Waals surface area contributed by atoms with Crippen molar-refractivity contribution in [1.29, 1.82) is 0 Å². The van der Waals surface area contributed by atoms with E-state index in [1.807, 2.05) is 51.1 Å². The van der Waals surface area contributed by atoms with Crippen molar-refractivity contribution in [2.45, 2.75) is 25.7 Å². The maximum absolute atomic E-state index is 13.6. The van der Waals surface area contributed by atoms with E-state index in [2.05, 4.69) is 21.2 Å². The normalized spacial score (nSPS) is 11.2. The quantitative estimate of drug-likeness (QED) is 0.467. The van der Waals surface area contributed by atoms with Gasteiger partial charge in [-0.25, -0.2) is 8.42 Å². The van der Waals surface area contributed by atoms with Gasteiger partial charge in [0.15, 0.2) is 0 Å². The number of nitrogens with one attached hydrogen (secondary N) is 1. The number of anilines is 2. The average Bonchev–Trinajstić information content (AvgIpc) is 2.75. The third kappa shape index (κ3) is 5.14. The number of aryl methyl sites for hydroxylation is 3. The van der Waals surface area contributed by atoms with Crippen LogP contribution in [0.3, 0.4) is 0 Å².